The van der Waals surface area contributed by atoms with Crippen molar-refractivity contribution in [3.8, 4) is 5.75 Å². The van der Waals surface area contributed by atoms with Gasteiger partial charge in [-0.2, -0.15) is 0 Å². The molecule has 1 aromatic heterocycles. The molecule has 0 atom stereocenters. The lowest BCUT2D eigenvalue weighted by Crippen LogP contribution is -2.38. The molecule has 2 aromatic carbocycles. The average molecular weight is 362 g/mol. The molecule has 0 unspecified atom stereocenters. The van der Waals surface area contributed by atoms with Crippen LogP contribution in [0.2, 0.25) is 0 Å². The third kappa shape index (κ3) is 3.85. The second-order valence-electron chi connectivity index (χ2n) is 7.28. The van der Waals surface area contributed by atoms with E-state index in [4.69, 9.17) is 4.74 Å². The number of benzene rings is 2. The van der Waals surface area contributed by atoms with E-state index in [-0.39, 0.29) is 5.91 Å². The number of piperidine rings is 1. The second kappa shape index (κ2) is 7.87. The summed E-state index contributed by atoms with van der Waals surface area (Å²) in [6, 6.07) is 18.2. The Balaban J connectivity index is 1.31. The van der Waals surface area contributed by atoms with Gasteiger partial charge in [-0.25, -0.2) is 0 Å². The number of aryl methyl sites for hydroxylation is 1. The molecule has 2 heterocycles. The van der Waals surface area contributed by atoms with Crippen LogP contribution in [0.3, 0.4) is 0 Å². The zero-order valence-corrected chi connectivity index (χ0v) is 15.8. The summed E-state index contributed by atoms with van der Waals surface area (Å²) in [7, 11) is 2.11. The summed E-state index contributed by atoms with van der Waals surface area (Å²) in [4.78, 5) is 14.5. The third-order valence-corrected chi connectivity index (χ3v) is 5.54. The first-order valence-corrected chi connectivity index (χ1v) is 9.72. The van der Waals surface area contributed by atoms with Crippen molar-refractivity contribution in [3.63, 3.8) is 0 Å². The fourth-order valence-corrected chi connectivity index (χ4v) is 4.07. The van der Waals surface area contributed by atoms with Crippen LogP contribution in [0, 0.1) is 0 Å². The quantitative estimate of drug-likeness (QED) is 0.676. The van der Waals surface area contributed by atoms with Gasteiger partial charge in [-0.1, -0.05) is 36.4 Å². The van der Waals surface area contributed by atoms with Crippen molar-refractivity contribution in [2.75, 3.05) is 19.7 Å². The van der Waals surface area contributed by atoms with Crippen LogP contribution in [-0.2, 0) is 11.8 Å². The van der Waals surface area contributed by atoms with Crippen LogP contribution in [0.4, 0.5) is 0 Å². The molecule has 4 nitrogen and oxygen atoms in total. The van der Waals surface area contributed by atoms with Crippen molar-refractivity contribution >= 4 is 16.8 Å². The summed E-state index contributed by atoms with van der Waals surface area (Å²) >= 11 is 0. The van der Waals surface area contributed by atoms with Gasteiger partial charge in [0.2, 0.25) is 5.91 Å². The molecule has 0 radical (unpaired) electrons. The number of ether oxygens (including phenoxy) is 1. The maximum atomic E-state index is 12.5. The monoisotopic (exact) mass is 362 g/mol. The Bertz CT molecular complexity index is 909. The Kier molecular flexibility index (Phi) is 5.14. The minimum atomic E-state index is 0.197. The average Bonchev–Trinajstić information content (AvgIpc) is 3.06. The highest BCUT2D eigenvalue weighted by Crippen LogP contribution is 2.34. The fraction of sp³-hybridized carbons (Fsp3) is 0.348. The molecule has 0 spiro atoms. The molecule has 3 aromatic rings. The van der Waals surface area contributed by atoms with Gasteiger partial charge in [0.1, 0.15) is 5.75 Å². The fourth-order valence-electron chi connectivity index (χ4n) is 4.07. The van der Waals surface area contributed by atoms with E-state index in [0.717, 1.165) is 31.7 Å². The first-order valence-electron chi connectivity index (χ1n) is 9.72. The van der Waals surface area contributed by atoms with Crippen LogP contribution in [-0.4, -0.2) is 35.1 Å². The molecule has 0 N–H and O–H groups in total. The molecule has 1 amide bonds. The number of aromatic nitrogens is 1. The van der Waals surface area contributed by atoms with Crippen LogP contribution in [0.15, 0.2) is 60.8 Å². The van der Waals surface area contributed by atoms with Gasteiger partial charge in [0, 0.05) is 37.2 Å². The Labute approximate surface area is 160 Å². The van der Waals surface area contributed by atoms with E-state index in [2.05, 4.69) is 42.1 Å². The molecular formula is C23H26N2O2. The predicted octanol–water partition coefficient (Wildman–Crippen LogP) is 4.35. The number of amides is 1. The van der Waals surface area contributed by atoms with Gasteiger partial charge in [-0.05, 0) is 42.5 Å². The van der Waals surface area contributed by atoms with E-state index >= 15 is 0 Å². The molecule has 0 saturated carbocycles. The summed E-state index contributed by atoms with van der Waals surface area (Å²) in [5.74, 6) is 1.54. The van der Waals surface area contributed by atoms with E-state index in [1.165, 1.54) is 16.5 Å². The molecule has 1 aliphatic heterocycles. The van der Waals surface area contributed by atoms with Gasteiger partial charge in [0.15, 0.2) is 0 Å². The minimum Gasteiger partial charge on any atom is -0.493 e. The molecule has 0 aliphatic carbocycles. The van der Waals surface area contributed by atoms with E-state index in [1.807, 2.05) is 35.2 Å². The summed E-state index contributed by atoms with van der Waals surface area (Å²) in [5, 5.41) is 1.35. The molecule has 140 valence electrons. The molecule has 1 aliphatic rings. The van der Waals surface area contributed by atoms with Crippen LogP contribution < -0.4 is 4.74 Å². The largest absolute Gasteiger partial charge is 0.493 e. The number of likely N-dealkylation sites (tertiary alicyclic amines) is 1. The van der Waals surface area contributed by atoms with E-state index in [1.54, 1.807) is 0 Å². The minimum absolute atomic E-state index is 0.197. The Morgan fingerprint density at radius 2 is 1.74 bits per heavy atom. The summed E-state index contributed by atoms with van der Waals surface area (Å²) in [6.45, 7) is 2.10. The summed E-state index contributed by atoms with van der Waals surface area (Å²) in [6.07, 6.45) is 4.76. The van der Waals surface area contributed by atoms with Crippen LogP contribution in [0.25, 0.3) is 10.9 Å². The van der Waals surface area contributed by atoms with Crippen molar-refractivity contribution in [2.24, 2.45) is 7.05 Å². The number of rotatable bonds is 5. The van der Waals surface area contributed by atoms with Crippen LogP contribution in [0.1, 0.15) is 30.7 Å². The van der Waals surface area contributed by atoms with Gasteiger partial charge in [0.05, 0.1) is 13.0 Å². The highest BCUT2D eigenvalue weighted by Gasteiger charge is 2.25. The number of para-hydroxylation sites is 2. The Hall–Kier alpha value is -2.75. The summed E-state index contributed by atoms with van der Waals surface area (Å²) in [5.41, 5.74) is 2.71. The van der Waals surface area contributed by atoms with E-state index < -0.39 is 0 Å². The highest BCUT2D eigenvalue weighted by atomic mass is 16.5. The van der Waals surface area contributed by atoms with E-state index in [0.29, 0.717) is 18.9 Å². The van der Waals surface area contributed by atoms with Crippen molar-refractivity contribution in [1.82, 2.24) is 9.47 Å². The maximum Gasteiger partial charge on any atom is 0.225 e. The number of carbonyl (C=O) groups is 1. The molecule has 27 heavy (non-hydrogen) atoms. The third-order valence-electron chi connectivity index (χ3n) is 5.54. The standard InChI is InChI=1S/C23H26N2O2/c1-24-17-21(20-9-5-6-10-22(20)24)18-11-14-25(15-12-18)23(26)13-16-27-19-7-3-2-4-8-19/h2-10,17-18H,11-16H2,1H3. The van der Waals surface area contributed by atoms with Gasteiger partial charge >= 0.3 is 0 Å². The number of hydrogen-bond donors (Lipinski definition) is 0. The smallest absolute Gasteiger partial charge is 0.225 e. The second-order valence-corrected chi connectivity index (χ2v) is 7.28. The van der Waals surface area contributed by atoms with Gasteiger partial charge in [0.25, 0.3) is 0 Å². The molecule has 1 saturated heterocycles. The summed E-state index contributed by atoms with van der Waals surface area (Å²) < 4.78 is 7.87. The Morgan fingerprint density at radius 1 is 1.04 bits per heavy atom. The zero-order valence-electron chi connectivity index (χ0n) is 15.8. The molecular weight excluding hydrogens is 336 g/mol. The van der Waals surface area contributed by atoms with E-state index in [9.17, 15) is 4.79 Å². The van der Waals surface area contributed by atoms with Gasteiger partial charge in [-0.15, -0.1) is 0 Å². The first kappa shape index (κ1) is 17.7. The van der Waals surface area contributed by atoms with Crippen molar-refractivity contribution < 1.29 is 9.53 Å². The number of fused-ring (bicyclic) bond motifs is 1. The highest BCUT2D eigenvalue weighted by molar-refractivity contribution is 5.84. The molecule has 1 fully saturated rings. The SMILES string of the molecule is Cn1cc(C2CCN(C(=O)CCOc3ccccc3)CC2)c2ccccc21. The lowest BCUT2D eigenvalue weighted by Gasteiger charge is -2.32. The predicted molar refractivity (Wildman–Crippen MR) is 108 cm³/mol. The lowest BCUT2D eigenvalue weighted by atomic mass is 9.89. The molecule has 0 bridgehead atoms. The molecule has 4 heteroatoms. The number of carbonyl (C=O) groups excluding carboxylic acids is 1. The lowest BCUT2D eigenvalue weighted by molar-refractivity contribution is -0.132. The zero-order chi connectivity index (χ0) is 18.6. The normalized spacial score (nSPS) is 15.2. The first-order chi connectivity index (χ1) is 13.2. The van der Waals surface area contributed by atoms with Crippen molar-refractivity contribution in [3.05, 3.63) is 66.4 Å². The topological polar surface area (TPSA) is 34.5 Å². The van der Waals surface area contributed by atoms with Crippen molar-refractivity contribution in [1.29, 1.82) is 0 Å². The van der Waals surface area contributed by atoms with Gasteiger partial charge < -0.3 is 14.2 Å². The van der Waals surface area contributed by atoms with Crippen LogP contribution >= 0.6 is 0 Å². The Morgan fingerprint density at radius 3 is 2.52 bits per heavy atom. The molecule has 4 rings (SSSR count). The van der Waals surface area contributed by atoms with Crippen molar-refractivity contribution in [2.45, 2.75) is 25.2 Å². The van der Waals surface area contributed by atoms with Crippen LogP contribution in [0.5, 0.6) is 5.75 Å². The maximum absolute atomic E-state index is 12.5. The van der Waals surface area contributed by atoms with Gasteiger partial charge in [-0.3, -0.25) is 4.79 Å². The number of nitrogens with zero attached hydrogens (tertiary/aromatic N) is 2. The number of hydrogen-bond acceptors (Lipinski definition) is 2.